The number of carbonyl (C=O) groups excluding carboxylic acids is 1. The van der Waals surface area contributed by atoms with E-state index in [2.05, 4.69) is 17.6 Å². The maximum absolute atomic E-state index is 11.8. The summed E-state index contributed by atoms with van der Waals surface area (Å²) in [6, 6.07) is 5.28. The van der Waals surface area contributed by atoms with Crippen molar-refractivity contribution in [2.75, 3.05) is 30.7 Å². The topological polar surface area (TPSA) is 76.4 Å². The van der Waals surface area contributed by atoms with Gasteiger partial charge in [0.25, 0.3) is 5.91 Å². The minimum absolute atomic E-state index is 0.0844. The van der Waals surface area contributed by atoms with Crippen LogP contribution in [-0.2, 0) is 4.74 Å². The van der Waals surface area contributed by atoms with Gasteiger partial charge in [0.05, 0.1) is 17.0 Å². The maximum atomic E-state index is 11.8. The number of hydrogen-bond donors (Lipinski definition) is 3. The highest BCUT2D eigenvalue weighted by Gasteiger charge is 2.29. The quantitative estimate of drug-likeness (QED) is 0.719. The normalized spacial score (nSPS) is 21.7. The molecule has 1 aromatic carbocycles. The largest absolute Gasteiger partial charge is 0.397 e. The average Bonchev–Trinajstić information content (AvgIpc) is 2.85. The van der Waals surface area contributed by atoms with Gasteiger partial charge >= 0.3 is 0 Å². The molecule has 1 aromatic rings. The van der Waals surface area contributed by atoms with Crippen molar-refractivity contribution in [3.05, 3.63) is 23.8 Å². The molecule has 1 fully saturated rings. The summed E-state index contributed by atoms with van der Waals surface area (Å²) >= 11 is 0. The number of hydrogen-bond acceptors (Lipinski definition) is 4. The molecule has 2 rings (SSSR count). The van der Waals surface area contributed by atoms with Crippen molar-refractivity contribution < 1.29 is 9.53 Å². The molecule has 0 aliphatic carbocycles. The second kappa shape index (κ2) is 6.13. The van der Waals surface area contributed by atoms with Gasteiger partial charge in [0.15, 0.2) is 0 Å². The molecule has 5 nitrogen and oxygen atoms in total. The first-order valence-electron chi connectivity index (χ1n) is 7.09. The predicted molar refractivity (Wildman–Crippen MR) is 80.9 cm³/mol. The van der Waals surface area contributed by atoms with Gasteiger partial charge in [0.1, 0.15) is 0 Å². The third kappa shape index (κ3) is 3.42. The minimum atomic E-state index is -0.145. The minimum Gasteiger partial charge on any atom is -0.397 e. The molecule has 20 heavy (non-hydrogen) atoms. The Hall–Kier alpha value is -1.75. The Morgan fingerprint density at radius 3 is 2.95 bits per heavy atom. The van der Waals surface area contributed by atoms with Crippen LogP contribution in [0.4, 0.5) is 11.4 Å². The van der Waals surface area contributed by atoms with E-state index >= 15 is 0 Å². The standard InChI is InChI=1S/C15H23N3O2/c1-3-17-14(19)11-5-6-12(16)13(9-11)18-10-15(2)7-4-8-20-15/h5-6,9,18H,3-4,7-8,10,16H2,1-2H3,(H,17,19). The maximum Gasteiger partial charge on any atom is 0.251 e. The Balaban J connectivity index is 2.06. The van der Waals surface area contributed by atoms with Gasteiger partial charge in [-0.15, -0.1) is 0 Å². The van der Waals surface area contributed by atoms with Crippen molar-refractivity contribution >= 4 is 17.3 Å². The summed E-state index contributed by atoms with van der Waals surface area (Å²) in [6.07, 6.45) is 2.13. The van der Waals surface area contributed by atoms with E-state index in [1.54, 1.807) is 18.2 Å². The number of anilines is 2. The molecule has 1 unspecified atom stereocenters. The van der Waals surface area contributed by atoms with E-state index in [-0.39, 0.29) is 11.5 Å². The van der Waals surface area contributed by atoms with Gasteiger partial charge in [-0.3, -0.25) is 4.79 Å². The van der Waals surface area contributed by atoms with Crippen molar-refractivity contribution in [3.8, 4) is 0 Å². The van der Waals surface area contributed by atoms with Gasteiger partial charge in [-0.05, 0) is 44.9 Å². The van der Waals surface area contributed by atoms with Crippen LogP contribution in [0.3, 0.4) is 0 Å². The Bertz CT molecular complexity index is 482. The number of nitrogens with two attached hydrogens (primary N) is 1. The molecule has 0 spiro atoms. The van der Waals surface area contributed by atoms with Crippen LogP contribution >= 0.6 is 0 Å². The van der Waals surface area contributed by atoms with E-state index in [0.717, 1.165) is 25.1 Å². The van der Waals surface area contributed by atoms with Crippen molar-refractivity contribution in [1.82, 2.24) is 5.32 Å². The highest BCUT2D eigenvalue weighted by atomic mass is 16.5. The summed E-state index contributed by atoms with van der Waals surface area (Å²) in [5, 5.41) is 6.08. The van der Waals surface area contributed by atoms with Crippen molar-refractivity contribution in [1.29, 1.82) is 0 Å². The first kappa shape index (κ1) is 14.7. The van der Waals surface area contributed by atoms with Gasteiger partial charge in [0.2, 0.25) is 0 Å². The monoisotopic (exact) mass is 277 g/mol. The summed E-state index contributed by atoms with van der Waals surface area (Å²) in [5.74, 6) is -0.0844. The fourth-order valence-corrected chi connectivity index (χ4v) is 2.37. The van der Waals surface area contributed by atoms with E-state index in [0.29, 0.717) is 24.3 Å². The van der Waals surface area contributed by atoms with Gasteiger partial charge in [-0.25, -0.2) is 0 Å². The van der Waals surface area contributed by atoms with E-state index in [1.807, 2.05) is 6.92 Å². The zero-order valence-electron chi connectivity index (χ0n) is 12.2. The summed E-state index contributed by atoms with van der Waals surface area (Å²) in [5.41, 5.74) is 7.85. The van der Waals surface area contributed by atoms with Crippen LogP contribution in [0, 0.1) is 0 Å². The second-order valence-electron chi connectivity index (χ2n) is 5.42. The molecule has 0 radical (unpaired) electrons. The van der Waals surface area contributed by atoms with Crippen molar-refractivity contribution in [3.63, 3.8) is 0 Å². The molecule has 1 amide bonds. The highest BCUT2D eigenvalue weighted by Crippen LogP contribution is 2.27. The van der Waals surface area contributed by atoms with Gasteiger partial charge < -0.3 is 21.1 Å². The van der Waals surface area contributed by atoms with E-state index in [1.165, 1.54) is 0 Å². The average molecular weight is 277 g/mol. The molecular formula is C15H23N3O2. The lowest BCUT2D eigenvalue weighted by atomic mass is 10.0. The Labute approximate surface area is 119 Å². The first-order valence-corrected chi connectivity index (χ1v) is 7.09. The summed E-state index contributed by atoms with van der Waals surface area (Å²) in [7, 11) is 0. The molecule has 1 saturated heterocycles. The van der Waals surface area contributed by atoms with Crippen LogP contribution < -0.4 is 16.4 Å². The fraction of sp³-hybridized carbons (Fsp3) is 0.533. The Morgan fingerprint density at radius 1 is 1.50 bits per heavy atom. The van der Waals surface area contributed by atoms with E-state index in [4.69, 9.17) is 10.5 Å². The molecule has 1 heterocycles. The molecule has 4 N–H and O–H groups in total. The van der Waals surface area contributed by atoms with E-state index in [9.17, 15) is 4.79 Å². The van der Waals surface area contributed by atoms with Gasteiger partial charge in [0, 0.05) is 25.3 Å². The van der Waals surface area contributed by atoms with Crippen LogP contribution in [0.1, 0.15) is 37.0 Å². The fourth-order valence-electron chi connectivity index (χ4n) is 2.37. The number of carbonyl (C=O) groups is 1. The zero-order chi connectivity index (χ0) is 14.6. The number of ether oxygens (including phenoxy) is 1. The lowest BCUT2D eigenvalue weighted by Crippen LogP contribution is -2.32. The zero-order valence-corrected chi connectivity index (χ0v) is 12.2. The van der Waals surface area contributed by atoms with Crippen LogP contribution in [-0.4, -0.2) is 31.2 Å². The van der Waals surface area contributed by atoms with E-state index < -0.39 is 0 Å². The molecule has 0 aromatic heterocycles. The molecule has 1 aliphatic rings. The van der Waals surface area contributed by atoms with Crippen LogP contribution in [0.2, 0.25) is 0 Å². The molecule has 0 saturated carbocycles. The smallest absolute Gasteiger partial charge is 0.251 e. The lowest BCUT2D eigenvalue weighted by molar-refractivity contribution is 0.0315. The Kier molecular flexibility index (Phi) is 4.49. The summed E-state index contributed by atoms with van der Waals surface area (Å²) in [4.78, 5) is 11.8. The molecule has 1 atom stereocenters. The van der Waals surface area contributed by atoms with Crippen molar-refractivity contribution in [2.45, 2.75) is 32.3 Å². The molecular weight excluding hydrogens is 254 g/mol. The van der Waals surface area contributed by atoms with Crippen molar-refractivity contribution in [2.24, 2.45) is 0 Å². The molecule has 1 aliphatic heterocycles. The number of nitrogen functional groups attached to an aromatic ring is 1. The summed E-state index contributed by atoms with van der Waals surface area (Å²) < 4.78 is 5.74. The molecule has 5 heteroatoms. The lowest BCUT2D eigenvalue weighted by Gasteiger charge is -2.24. The number of rotatable bonds is 5. The number of amides is 1. The van der Waals surface area contributed by atoms with Gasteiger partial charge in [-0.1, -0.05) is 0 Å². The SMILES string of the molecule is CCNC(=O)c1ccc(N)c(NCC2(C)CCCO2)c1. The number of benzene rings is 1. The highest BCUT2D eigenvalue weighted by molar-refractivity contribution is 5.96. The molecule has 0 bridgehead atoms. The third-order valence-corrected chi connectivity index (χ3v) is 3.61. The Morgan fingerprint density at radius 2 is 2.30 bits per heavy atom. The van der Waals surface area contributed by atoms with Gasteiger partial charge in [-0.2, -0.15) is 0 Å². The summed E-state index contributed by atoms with van der Waals surface area (Å²) in [6.45, 7) is 6.10. The third-order valence-electron chi connectivity index (χ3n) is 3.61. The second-order valence-corrected chi connectivity index (χ2v) is 5.42. The first-order chi connectivity index (χ1) is 9.54. The predicted octanol–water partition coefficient (Wildman–Crippen LogP) is 2.00. The van der Waals surface area contributed by atoms with Crippen LogP contribution in [0.25, 0.3) is 0 Å². The van der Waals surface area contributed by atoms with Crippen LogP contribution in [0.5, 0.6) is 0 Å². The van der Waals surface area contributed by atoms with Crippen LogP contribution in [0.15, 0.2) is 18.2 Å². The molecule has 110 valence electrons. The number of nitrogens with one attached hydrogen (secondary N) is 2.